The molecule has 2 aromatic carbocycles. The zero-order valence-corrected chi connectivity index (χ0v) is 20.9. The van der Waals surface area contributed by atoms with E-state index in [9.17, 15) is 9.90 Å². The molecule has 1 fully saturated rings. The number of nitrogens with zero attached hydrogens (tertiary/aromatic N) is 4. The number of aromatic nitrogens is 3. The van der Waals surface area contributed by atoms with Crippen LogP contribution in [0.4, 0.5) is 5.82 Å². The molecule has 1 atom stereocenters. The van der Waals surface area contributed by atoms with Crippen LogP contribution in [0.2, 0.25) is 10.0 Å². The number of phenols is 1. The topological polar surface area (TPSA) is 75.3 Å². The molecular weight excluding hydrogens is 485 g/mol. The molecule has 0 amide bonds. The van der Waals surface area contributed by atoms with Crippen LogP contribution in [0.5, 0.6) is 5.75 Å². The summed E-state index contributed by atoms with van der Waals surface area (Å²) in [6.07, 6.45) is 5.09. The van der Waals surface area contributed by atoms with Crippen LogP contribution in [0.25, 0.3) is 27.9 Å². The molecule has 0 unspecified atom stereocenters. The minimum atomic E-state index is -0.195. The molecule has 0 spiro atoms. The van der Waals surface area contributed by atoms with Gasteiger partial charge in [-0.05, 0) is 54.4 Å². The van der Waals surface area contributed by atoms with Gasteiger partial charge in [0.2, 0.25) is 0 Å². The molecule has 0 aliphatic carbocycles. The Morgan fingerprint density at radius 3 is 2.46 bits per heavy atom. The monoisotopic (exact) mass is 509 g/mol. The maximum Gasteiger partial charge on any atom is 0.332 e. The molecule has 0 bridgehead atoms. The maximum atomic E-state index is 12.3. The van der Waals surface area contributed by atoms with Gasteiger partial charge in [-0.25, -0.2) is 9.78 Å². The van der Waals surface area contributed by atoms with E-state index in [-0.39, 0.29) is 11.4 Å². The van der Waals surface area contributed by atoms with Gasteiger partial charge < -0.3 is 19.9 Å². The first kappa shape index (κ1) is 23.5. The van der Waals surface area contributed by atoms with Crippen LogP contribution < -0.4 is 15.9 Å². The van der Waals surface area contributed by atoms with Gasteiger partial charge in [0.1, 0.15) is 11.6 Å². The van der Waals surface area contributed by atoms with Gasteiger partial charge in [-0.2, -0.15) is 0 Å². The average Bonchev–Trinajstić information content (AvgIpc) is 3.18. The van der Waals surface area contributed by atoms with Crippen LogP contribution in [0.3, 0.4) is 0 Å². The molecule has 35 heavy (non-hydrogen) atoms. The third-order valence-electron chi connectivity index (χ3n) is 6.29. The third kappa shape index (κ3) is 4.55. The van der Waals surface area contributed by atoms with E-state index in [4.69, 9.17) is 23.2 Å². The largest absolute Gasteiger partial charge is 0.507 e. The van der Waals surface area contributed by atoms with Crippen LogP contribution in [-0.4, -0.2) is 44.9 Å². The summed E-state index contributed by atoms with van der Waals surface area (Å²) < 4.78 is 2.95. The van der Waals surface area contributed by atoms with Crippen LogP contribution in [0.15, 0.2) is 65.8 Å². The van der Waals surface area contributed by atoms with Crippen molar-refractivity contribution < 1.29 is 5.11 Å². The Kier molecular flexibility index (Phi) is 6.32. The third-order valence-corrected chi connectivity index (χ3v) is 6.81. The Morgan fingerprint density at radius 2 is 1.80 bits per heavy atom. The van der Waals surface area contributed by atoms with Gasteiger partial charge in [0.05, 0.1) is 10.7 Å². The fraction of sp³-hybridized carbons (Fsp3) is 0.231. The van der Waals surface area contributed by atoms with Gasteiger partial charge in [0.15, 0.2) is 0 Å². The van der Waals surface area contributed by atoms with E-state index in [0.29, 0.717) is 38.5 Å². The molecule has 4 aromatic rings. The van der Waals surface area contributed by atoms with Crippen molar-refractivity contribution in [3.63, 3.8) is 0 Å². The van der Waals surface area contributed by atoms with Crippen LogP contribution >= 0.6 is 23.2 Å². The quantitative estimate of drug-likeness (QED) is 0.416. The highest BCUT2D eigenvalue weighted by Gasteiger charge is 2.19. The fourth-order valence-corrected chi connectivity index (χ4v) is 4.95. The summed E-state index contributed by atoms with van der Waals surface area (Å²) in [4.78, 5) is 19.1. The summed E-state index contributed by atoms with van der Waals surface area (Å²) in [6, 6.07) is 13.0. The molecular formula is C26H25Cl2N5O2. The predicted octanol–water partition coefficient (Wildman–Crippen LogP) is 4.72. The second-order valence-electron chi connectivity index (χ2n) is 8.78. The van der Waals surface area contributed by atoms with E-state index in [1.165, 1.54) is 9.13 Å². The lowest BCUT2D eigenvalue weighted by Crippen LogP contribution is -2.49. The highest BCUT2D eigenvalue weighted by Crippen LogP contribution is 2.42. The number of hydrogen-bond acceptors (Lipinski definition) is 5. The van der Waals surface area contributed by atoms with Gasteiger partial charge in [0.25, 0.3) is 0 Å². The Bertz CT molecular complexity index is 1460. The lowest BCUT2D eigenvalue weighted by Gasteiger charge is -2.33. The molecule has 2 aromatic heterocycles. The van der Waals surface area contributed by atoms with Crippen LogP contribution in [0.1, 0.15) is 6.92 Å². The number of piperazine rings is 1. The summed E-state index contributed by atoms with van der Waals surface area (Å²) in [6.45, 7) is 4.77. The average molecular weight is 510 g/mol. The van der Waals surface area contributed by atoms with Crippen molar-refractivity contribution in [3.05, 3.63) is 81.6 Å². The number of pyridine rings is 1. The van der Waals surface area contributed by atoms with E-state index in [0.717, 1.165) is 31.0 Å². The molecule has 0 saturated carbocycles. The highest BCUT2D eigenvalue weighted by atomic mass is 35.5. The van der Waals surface area contributed by atoms with Crippen LogP contribution in [-0.2, 0) is 7.05 Å². The smallest absolute Gasteiger partial charge is 0.332 e. The highest BCUT2D eigenvalue weighted by molar-refractivity contribution is 6.33. The molecule has 0 radical (unpaired) electrons. The minimum Gasteiger partial charge on any atom is -0.507 e. The number of imidazole rings is 1. The van der Waals surface area contributed by atoms with Crippen molar-refractivity contribution in [2.75, 3.05) is 24.5 Å². The zero-order chi connectivity index (χ0) is 24.7. The normalized spacial score (nSPS) is 16.0. The maximum absolute atomic E-state index is 12.3. The van der Waals surface area contributed by atoms with E-state index >= 15 is 0 Å². The van der Waals surface area contributed by atoms with Gasteiger partial charge in [-0.15, -0.1) is 0 Å². The SMILES string of the molecule is C[C@@H]1CN(c2cc(-c3cc(Cl)cc(-c4ccc(-n5ccn(C)c5=O)c(Cl)c4)c3O)ccn2)CCN1. The molecule has 1 saturated heterocycles. The Balaban J connectivity index is 1.54. The van der Waals surface area contributed by atoms with Crippen molar-refractivity contribution in [1.82, 2.24) is 19.4 Å². The number of hydrogen-bond donors (Lipinski definition) is 2. The Morgan fingerprint density at radius 1 is 1.06 bits per heavy atom. The first-order chi connectivity index (χ1) is 16.8. The number of rotatable bonds is 4. The molecule has 5 rings (SSSR count). The number of benzene rings is 2. The summed E-state index contributed by atoms with van der Waals surface area (Å²) in [5, 5.41) is 15.6. The predicted molar refractivity (Wildman–Crippen MR) is 141 cm³/mol. The van der Waals surface area contributed by atoms with Crippen molar-refractivity contribution in [3.8, 4) is 33.7 Å². The minimum absolute atomic E-state index is 0.0981. The number of anilines is 1. The van der Waals surface area contributed by atoms with E-state index in [1.54, 1.807) is 49.9 Å². The lowest BCUT2D eigenvalue weighted by molar-refractivity contribution is 0.479. The molecule has 9 heteroatoms. The number of phenolic OH excluding ortho intramolecular Hbond substituents is 1. The lowest BCUT2D eigenvalue weighted by atomic mass is 9.97. The Labute approximate surface area is 213 Å². The number of aryl methyl sites for hydroxylation is 1. The molecule has 180 valence electrons. The van der Waals surface area contributed by atoms with Gasteiger partial charge >= 0.3 is 5.69 Å². The summed E-state index contributed by atoms with van der Waals surface area (Å²) in [5.41, 5.74) is 3.04. The molecule has 1 aliphatic rings. The van der Waals surface area contributed by atoms with Crippen molar-refractivity contribution in [2.24, 2.45) is 7.05 Å². The first-order valence-electron chi connectivity index (χ1n) is 11.3. The van der Waals surface area contributed by atoms with Gasteiger partial charge in [-0.3, -0.25) is 4.57 Å². The van der Waals surface area contributed by atoms with Gasteiger partial charge in [0, 0.05) is 67.5 Å². The number of halogens is 2. The molecule has 7 nitrogen and oxygen atoms in total. The summed E-state index contributed by atoms with van der Waals surface area (Å²) in [5.74, 6) is 0.957. The van der Waals surface area contributed by atoms with Crippen LogP contribution in [0, 0.1) is 0 Å². The van der Waals surface area contributed by atoms with Crippen molar-refractivity contribution in [1.29, 1.82) is 0 Å². The van der Waals surface area contributed by atoms with Gasteiger partial charge in [-0.1, -0.05) is 29.3 Å². The first-order valence-corrected chi connectivity index (χ1v) is 12.1. The molecule has 2 N–H and O–H groups in total. The standard InChI is InChI=1S/C26H25Cl2N5O2/c1-16-15-32(8-7-29-16)24-12-18(5-6-30-24)21-14-19(27)13-20(25(21)34)17-3-4-23(22(28)11-17)33-10-9-31(2)26(33)35/h3-6,9-14,16,29,34H,7-8,15H2,1-2H3/t16-/m1/s1. The molecule has 3 heterocycles. The van der Waals surface area contributed by atoms with E-state index in [2.05, 4.69) is 22.1 Å². The number of aromatic hydroxyl groups is 1. The van der Waals surface area contributed by atoms with E-state index in [1.807, 2.05) is 18.2 Å². The zero-order valence-electron chi connectivity index (χ0n) is 19.4. The second-order valence-corrected chi connectivity index (χ2v) is 9.62. The Hall–Kier alpha value is -3.26. The van der Waals surface area contributed by atoms with Crippen molar-refractivity contribution >= 4 is 29.0 Å². The molecule has 1 aliphatic heterocycles. The summed E-state index contributed by atoms with van der Waals surface area (Å²) in [7, 11) is 1.68. The van der Waals surface area contributed by atoms with Crippen molar-refractivity contribution in [2.45, 2.75) is 13.0 Å². The fourth-order valence-electron chi connectivity index (χ4n) is 4.46. The summed E-state index contributed by atoms with van der Waals surface area (Å²) >= 11 is 13.1. The second kappa shape index (κ2) is 9.41. The number of nitrogens with one attached hydrogen (secondary N) is 1. The van der Waals surface area contributed by atoms with E-state index < -0.39 is 0 Å².